The van der Waals surface area contributed by atoms with Gasteiger partial charge < -0.3 is 4.98 Å². The molecule has 0 radical (unpaired) electrons. The Bertz CT molecular complexity index is 1880. The van der Waals surface area contributed by atoms with Crippen LogP contribution in [0.25, 0.3) is 55.8 Å². The van der Waals surface area contributed by atoms with Crippen LogP contribution in [0.5, 0.6) is 0 Å². The maximum absolute atomic E-state index is 14.5. The van der Waals surface area contributed by atoms with Crippen LogP contribution < -0.4 is 4.72 Å². The van der Waals surface area contributed by atoms with Gasteiger partial charge in [0.1, 0.15) is 22.7 Å². The summed E-state index contributed by atoms with van der Waals surface area (Å²) in [5.41, 5.74) is 7.02. The van der Waals surface area contributed by atoms with Crippen LogP contribution in [0.3, 0.4) is 0 Å². The maximum atomic E-state index is 14.5. The third-order valence-electron chi connectivity index (χ3n) is 5.98. The lowest BCUT2D eigenvalue weighted by Gasteiger charge is -2.08. The first kappa shape index (κ1) is 23.0. The van der Waals surface area contributed by atoms with E-state index in [-0.39, 0.29) is 6.54 Å². The average molecular weight is 514 g/mol. The minimum absolute atomic E-state index is 0.0130. The highest BCUT2D eigenvalue weighted by atomic mass is 32.2. The van der Waals surface area contributed by atoms with Gasteiger partial charge in [0.2, 0.25) is 10.0 Å². The molecule has 3 N–H and O–H groups in total. The van der Waals surface area contributed by atoms with Gasteiger partial charge in [0.05, 0.1) is 23.2 Å². The molecule has 0 saturated heterocycles. The van der Waals surface area contributed by atoms with E-state index in [1.807, 2.05) is 30.3 Å². The van der Waals surface area contributed by atoms with Crippen LogP contribution in [0.4, 0.5) is 4.39 Å². The lowest BCUT2D eigenvalue weighted by molar-refractivity contribution is 0.586. The van der Waals surface area contributed by atoms with Crippen molar-refractivity contribution in [2.75, 3.05) is 6.26 Å². The number of aromatic amines is 2. The van der Waals surface area contributed by atoms with Crippen LogP contribution in [0, 0.1) is 5.82 Å². The highest BCUT2D eigenvalue weighted by Gasteiger charge is 2.16. The summed E-state index contributed by atoms with van der Waals surface area (Å²) < 4.78 is 39.9. The Morgan fingerprint density at radius 3 is 2.62 bits per heavy atom. The zero-order valence-corrected chi connectivity index (χ0v) is 20.3. The average Bonchev–Trinajstić information content (AvgIpc) is 3.51. The minimum atomic E-state index is -3.41. The minimum Gasteiger partial charge on any atom is -0.338 e. The summed E-state index contributed by atoms with van der Waals surface area (Å²) in [6.45, 7) is -0.0130. The monoisotopic (exact) mass is 513 g/mol. The molecule has 11 heteroatoms. The molecule has 0 atom stereocenters. The molecule has 0 fully saturated rings. The highest BCUT2D eigenvalue weighted by Crippen LogP contribution is 2.34. The second-order valence-electron chi connectivity index (χ2n) is 8.65. The van der Waals surface area contributed by atoms with Crippen LogP contribution in [-0.2, 0) is 16.6 Å². The van der Waals surface area contributed by atoms with Gasteiger partial charge in [-0.05, 0) is 71.3 Å². The summed E-state index contributed by atoms with van der Waals surface area (Å²) in [5, 5.41) is 8.29. The summed E-state index contributed by atoms with van der Waals surface area (Å²) in [5.74, 6) is -0.463. The number of H-pyrrole nitrogens is 2. The summed E-state index contributed by atoms with van der Waals surface area (Å²) in [7, 11) is -3.41. The number of rotatable bonds is 6. The molecule has 0 saturated carbocycles. The molecule has 0 amide bonds. The van der Waals surface area contributed by atoms with Crippen LogP contribution in [0.1, 0.15) is 5.56 Å². The Kier molecular flexibility index (Phi) is 5.50. The third kappa shape index (κ3) is 4.57. The van der Waals surface area contributed by atoms with Gasteiger partial charge in [-0.3, -0.25) is 10.1 Å². The number of aromatic nitrogens is 6. The maximum Gasteiger partial charge on any atom is 0.209 e. The third-order valence-corrected chi connectivity index (χ3v) is 6.65. The zero-order valence-electron chi connectivity index (χ0n) is 19.5. The van der Waals surface area contributed by atoms with Crippen LogP contribution >= 0.6 is 0 Å². The Morgan fingerprint density at radius 1 is 0.973 bits per heavy atom. The molecule has 6 aromatic rings. The van der Waals surface area contributed by atoms with Crippen molar-refractivity contribution >= 4 is 32.1 Å². The number of sulfonamides is 1. The van der Waals surface area contributed by atoms with Gasteiger partial charge in [-0.25, -0.2) is 27.5 Å². The summed E-state index contributed by atoms with van der Waals surface area (Å²) >= 11 is 0. The van der Waals surface area contributed by atoms with E-state index in [1.54, 1.807) is 30.7 Å². The van der Waals surface area contributed by atoms with E-state index in [9.17, 15) is 12.8 Å². The summed E-state index contributed by atoms with van der Waals surface area (Å²) in [4.78, 5) is 16.6. The number of fused-ring (bicyclic) bond motifs is 2. The number of hydrogen-bond acceptors (Lipinski definition) is 6. The van der Waals surface area contributed by atoms with E-state index in [0.29, 0.717) is 33.7 Å². The number of benzene rings is 1. The van der Waals surface area contributed by atoms with Crippen molar-refractivity contribution in [1.82, 2.24) is 34.9 Å². The van der Waals surface area contributed by atoms with E-state index in [2.05, 4.69) is 29.9 Å². The number of pyridine rings is 3. The Hall–Kier alpha value is -4.48. The molecule has 37 heavy (non-hydrogen) atoms. The van der Waals surface area contributed by atoms with Gasteiger partial charge >= 0.3 is 0 Å². The molecule has 0 aliphatic heterocycles. The van der Waals surface area contributed by atoms with E-state index < -0.39 is 15.8 Å². The summed E-state index contributed by atoms with van der Waals surface area (Å²) in [6.07, 6.45) is 6.14. The van der Waals surface area contributed by atoms with Gasteiger partial charge in [-0.2, -0.15) is 5.10 Å². The lowest BCUT2D eigenvalue weighted by atomic mass is 10.0. The number of nitrogens with one attached hydrogen (secondary N) is 3. The molecule has 1 aromatic carbocycles. The predicted molar refractivity (Wildman–Crippen MR) is 139 cm³/mol. The standard InChI is InChI=1S/C26H20FN7O2S/c1-37(35,36)30-14-15-10-17(12-18(27)11-15)19-6-9-29-26-20(19)13-23(32-26)25-24-22(33-34-25)3-2-21(31-24)16-4-7-28-8-5-16/h2-13,30H,14H2,1H3,(H,29,32)(H,33,34). The summed E-state index contributed by atoms with van der Waals surface area (Å²) in [6, 6.07) is 15.8. The van der Waals surface area contributed by atoms with E-state index in [4.69, 9.17) is 4.98 Å². The smallest absolute Gasteiger partial charge is 0.209 e. The number of hydrogen-bond donors (Lipinski definition) is 3. The van der Waals surface area contributed by atoms with Gasteiger partial charge in [-0.15, -0.1) is 0 Å². The van der Waals surface area contributed by atoms with Crippen molar-refractivity contribution in [2.24, 2.45) is 0 Å². The lowest BCUT2D eigenvalue weighted by Crippen LogP contribution is -2.21. The second-order valence-corrected chi connectivity index (χ2v) is 10.5. The van der Waals surface area contributed by atoms with Gasteiger partial charge in [0, 0.05) is 36.1 Å². The molecule has 5 heterocycles. The molecule has 0 bridgehead atoms. The molecule has 6 rings (SSSR count). The van der Waals surface area contributed by atoms with Crippen molar-refractivity contribution < 1.29 is 12.8 Å². The SMILES string of the molecule is CS(=O)(=O)NCc1cc(F)cc(-c2ccnc3[nH]c(-c4n[nH]c5ccc(-c6ccncc6)nc45)cc23)c1. The fourth-order valence-electron chi connectivity index (χ4n) is 4.30. The van der Waals surface area contributed by atoms with Gasteiger partial charge in [-0.1, -0.05) is 0 Å². The van der Waals surface area contributed by atoms with Gasteiger partial charge in [0.15, 0.2) is 0 Å². The fourth-order valence-corrected chi connectivity index (χ4v) is 4.73. The first-order valence-electron chi connectivity index (χ1n) is 11.3. The normalized spacial score (nSPS) is 11.9. The van der Waals surface area contributed by atoms with Crippen LogP contribution in [0.15, 0.2) is 73.2 Å². The second kappa shape index (κ2) is 8.87. The Morgan fingerprint density at radius 2 is 1.81 bits per heavy atom. The number of nitrogens with zero attached hydrogens (tertiary/aromatic N) is 4. The van der Waals surface area contributed by atoms with Crippen molar-refractivity contribution in [3.63, 3.8) is 0 Å². The Balaban J connectivity index is 1.44. The zero-order chi connectivity index (χ0) is 25.6. The Labute approximate surface area is 210 Å². The largest absolute Gasteiger partial charge is 0.338 e. The molecular weight excluding hydrogens is 493 g/mol. The highest BCUT2D eigenvalue weighted by molar-refractivity contribution is 7.88. The van der Waals surface area contributed by atoms with Crippen molar-refractivity contribution in [3.05, 3.63) is 84.6 Å². The van der Waals surface area contributed by atoms with E-state index >= 15 is 0 Å². The predicted octanol–water partition coefficient (Wildman–Crippen LogP) is 4.42. The molecule has 9 nitrogen and oxygen atoms in total. The molecular formula is C26H20FN7O2S. The molecule has 0 aliphatic rings. The first-order valence-corrected chi connectivity index (χ1v) is 13.2. The molecule has 0 aliphatic carbocycles. The van der Waals surface area contributed by atoms with Crippen LogP contribution in [0.2, 0.25) is 0 Å². The van der Waals surface area contributed by atoms with Crippen molar-refractivity contribution in [1.29, 1.82) is 0 Å². The van der Waals surface area contributed by atoms with Crippen molar-refractivity contribution in [2.45, 2.75) is 6.54 Å². The topological polar surface area (TPSA) is 129 Å². The fraction of sp³-hybridized carbons (Fsp3) is 0.0769. The van der Waals surface area contributed by atoms with E-state index in [1.165, 1.54) is 12.1 Å². The molecule has 0 unspecified atom stereocenters. The first-order chi connectivity index (χ1) is 17.8. The van der Waals surface area contributed by atoms with Crippen molar-refractivity contribution in [3.8, 4) is 33.8 Å². The van der Waals surface area contributed by atoms with E-state index in [0.717, 1.165) is 34.0 Å². The molecule has 184 valence electrons. The van der Waals surface area contributed by atoms with Crippen LogP contribution in [-0.4, -0.2) is 44.8 Å². The van der Waals surface area contributed by atoms with Gasteiger partial charge in [0.25, 0.3) is 0 Å². The quantitative estimate of drug-likeness (QED) is 0.302. The number of halogens is 1. The molecule has 5 aromatic heterocycles. The molecule has 0 spiro atoms.